The molecule has 0 aromatic heterocycles. The van der Waals surface area contributed by atoms with E-state index in [9.17, 15) is 14.7 Å². The summed E-state index contributed by atoms with van der Waals surface area (Å²) in [6, 6.07) is 3.68. The third kappa shape index (κ3) is 1.79. The Bertz CT molecular complexity index is 894. The number of Topliss-reactive ketones (excluding diaryl/α,β-unsaturated/α-hetero) is 1. The SMILES string of the molecule is NC(=O)c1ccc2c3c1O[C@@H]1C(=O)CC[C@@]4(O)[C@@H](C2)N(CC2CC2)CC[C@]314. The van der Waals surface area contributed by atoms with Gasteiger partial charge in [0.05, 0.1) is 16.6 Å². The maximum absolute atomic E-state index is 12.8. The van der Waals surface area contributed by atoms with Gasteiger partial charge < -0.3 is 15.6 Å². The van der Waals surface area contributed by atoms with E-state index in [1.54, 1.807) is 6.07 Å². The van der Waals surface area contributed by atoms with Gasteiger partial charge >= 0.3 is 0 Å². The summed E-state index contributed by atoms with van der Waals surface area (Å²) in [5.74, 6) is 0.686. The molecule has 6 heteroatoms. The number of nitrogens with two attached hydrogens (primary N) is 1. The Morgan fingerprint density at radius 2 is 2.15 bits per heavy atom. The van der Waals surface area contributed by atoms with Crippen LogP contribution in [-0.4, -0.2) is 52.5 Å². The van der Waals surface area contributed by atoms with Crippen LogP contribution < -0.4 is 10.5 Å². The first-order chi connectivity index (χ1) is 13.0. The number of hydrogen-bond acceptors (Lipinski definition) is 5. The molecular formula is C21H24N2O4. The number of aliphatic hydroxyl groups is 1. The highest BCUT2D eigenvalue weighted by Crippen LogP contribution is 2.64. The summed E-state index contributed by atoms with van der Waals surface area (Å²) < 4.78 is 6.15. The Hall–Kier alpha value is -1.92. The zero-order chi connectivity index (χ0) is 18.6. The monoisotopic (exact) mass is 368 g/mol. The van der Waals surface area contributed by atoms with Crippen molar-refractivity contribution >= 4 is 11.7 Å². The number of carbonyl (C=O) groups is 2. The van der Waals surface area contributed by atoms with E-state index in [4.69, 9.17) is 10.5 Å². The van der Waals surface area contributed by atoms with E-state index in [0.29, 0.717) is 30.6 Å². The van der Waals surface area contributed by atoms with Crippen LogP contribution in [0.5, 0.6) is 5.75 Å². The summed E-state index contributed by atoms with van der Waals surface area (Å²) in [6.07, 6.45) is 4.07. The third-order valence-corrected chi connectivity index (χ3v) is 7.84. The summed E-state index contributed by atoms with van der Waals surface area (Å²) in [7, 11) is 0. The molecule has 3 N–H and O–H groups in total. The maximum Gasteiger partial charge on any atom is 0.252 e. The third-order valence-electron chi connectivity index (χ3n) is 7.84. The second kappa shape index (κ2) is 4.92. The van der Waals surface area contributed by atoms with E-state index in [0.717, 1.165) is 36.6 Å². The number of rotatable bonds is 3. The zero-order valence-corrected chi connectivity index (χ0v) is 15.2. The summed E-state index contributed by atoms with van der Waals surface area (Å²) in [5, 5.41) is 12.1. The molecule has 1 spiro atoms. The van der Waals surface area contributed by atoms with Crippen molar-refractivity contribution in [1.29, 1.82) is 0 Å². The topological polar surface area (TPSA) is 92.9 Å². The molecule has 1 aromatic rings. The smallest absolute Gasteiger partial charge is 0.252 e. The Balaban J connectivity index is 1.58. The molecule has 2 aliphatic heterocycles. The second-order valence-electron chi connectivity index (χ2n) is 9.11. The fourth-order valence-corrected chi connectivity index (χ4v) is 6.47. The first-order valence-electron chi connectivity index (χ1n) is 10.1. The van der Waals surface area contributed by atoms with E-state index in [-0.39, 0.29) is 11.8 Å². The van der Waals surface area contributed by atoms with Crippen LogP contribution in [0.1, 0.15) is 53.6 Å². The van der Waals surface area contributed by atoms with Gasteiger partial charge in [-0.2, -0.15) is 0 Å². The van der Waals surface area contributed by atoms with E-state index in [2.05, 4.69) is 4.90 Å². The lowest BCUT2D eigenvalue weighted by molar-refractivity contribution is -0.188. The first kappa shape index (κ1) is 16.1. The van der Waals surface area contributed by atoms with Gasteiger partial charge in [-0.25, -0.2) is 0 Å². The second-order valence-corrected chi connectivity index (χ2v) is 9.11. The summed E-state index contributed by atoms with van der Waals surface area (Å²) in [5.41, 5.74) is 6.17. The van der Waals surface area contributed by atoms with Crippen molar-refractivity contribution in [3.8, 4) is 5.75 Å². The molecule has 1 amide bonds. The summed E-state index contributed by atoms with van der Waals surface area (Å²) >= 11 is 0. The molecule has 5 aliphatic rings. The predicted molar refractivity (Wildman–Crippen MR) is 96.7 cm³/mol. The number of carbonyl (C=O) groups excluding carboxylic acids is 2. The van der Waals surface area contributed by atoms with Gasteiger partial charge in [-0.1, -0.05) is 6.07 Å². The highest BCUT2D eigenvalue weighted by Gasteiger charge is 2.73. The van der Waals surface area contributed by atoms with Crippen LogP contribution in [0.3, 0.4) is 0 Å². The van der Waals surface area contributed by atoms with Crippen LogP contribution in [0.25, 0.3) is 0 Å². The highest BCUT2D eigenvalue weighted by molar-refractivity contribution is 5.98. The molecule has 6 nitrogen and oxygen atoms in total. The lowest BCUT2D eigenvalue weighted by Gasteiger charge is -2.62. The van der Waals surface area contributed by atoms with Gasteiger partial charge in [-0.3, -0.25) is 14.5 Å². The van der Waals surface area contributed by atoms with Crippen LogP contribution in [0.2, 0.25) is 0 Å². The van der Waals surface area contributed by atoms with Crippen LogP contribution in [0.15, 0.2) is 12.1 Å². The van der Waals surface area contributed by atoms with Crippen LogP contribution in [-0.2, 0) is 16.6 Å². The zero-order valence-electron chi connectivity index (χ0n) is 15.2. The molecular weight excluding hydrogens is 344 g/mol. The molecule has 4 atom stereocenters. The molecule has 1 saturated heterocycles. The fourth-order valence-electron chi connectivity index (χ4n) is 6.47. The van der Waals surface area contributed by atoms with Gasteiger partial charge in [0.2, 0.25) is 0 Å². The predicted octanol–water partition coefficient (Wildman–Crippen LogP) is 0.919. The van der Waals surface area contributed by atoms with E-state index in [1.165, 1.54) is 12.8 Å². The van der Waals surface area contributed by atoms with Crippen molar-refractivity contribution in [2.75, 3.05) is 13.1 Å². The molecule has 2 bridgehead atoms. The minimum atomic E-state index is -0.993. The summed E-state index contributed by atoms with van der Waals surface area (Å²) in [4.78, 5) is 27.3. The molecule has 3 aliphatic carbocycles. The minimum absolute atomic E-state index is 0.00364. The number of amides is 1. The average Bonchev–Trinajstić information content (AvgIpc) is 3.37. The lowest BCUT2D eigenvalue weighted by atomic mass is 9.49. The number of ether oxygens (including phenoxy) is 1. The van der Waals surface area contributed by atoms with Crippen LogP contribution >= 0.6 is 0 Å². The number of likely N-dealkylation sites (tertiary alicyclic amines) is 1. The Morgan fingerprint density at radius 1 is 1.33 bits per heavy atom. The van der Waals surface area contributed by atoms with Gasteiger partial charge in [0.1, 0.15) is 5.75 Å². The first-order valence-corrected chi connectivity index (χ1v) is 10.1. The number of benzene rings is 1. The van der Waals surface area contributed by atoms with Crippen LogP contribution in [0, 0.1) is 5.92 Å². The van der Waals surface area contributed by atoms with Crippen molar-refractivity contribution < 1.29 is 19.4 Å². The Morgan fingerprint density at radius 3 is 2.89 bits per heavy atom. The minimum Gasteiger partial charge on any atom is -0.480 e. The van der Waals surface area contributed by atoms with Crippen molar-refractivity contribution in [3.63, 3.8) is 0 Å². The molecule has 0 radical (unpaired) electrons. The van der Waals surface area contributed by atoms with Crippen molar-refractivity contribution in [3.05, 3.63) is 28.8 Å². The Kier molecular flexibility index (Phi) is 2.93. The van der Waals surface area contributed by atoms with E-state index in [1.807, 2.05) is 6.07 Å². The molecule has 142 valence electrons. The number of ketones is 1. The highest BCUT2D eigenvalue weighted by atomic mass is 16.5. The molecule has 2 heterocycles. The van der Waals surface area contributed by atoms with Gasteiger partial charge in [0.25, 0.3) is 5.91 Å². The molecule has 1 aromatic carbocycles. The molecule has 3 fully saturated rings. The fraction of sp³-hybridized carbons (Fsp3) is 0.619. The van der Waals surface area contributed by atoms with E-state index >= 15 is 0 Å². The largest absolute Gasteiger partial charge is 0.480 e. The summed E-state index contributed by atoms with van der Waals surface area (Å²) in [6.45, 7) is 1.89. The maximum atomic E-state index is 12.8. The standard InChI is InChI=1S/C21H24N2O4/c22-19(25)13-4-3-12-9-15-21(26)6-5-14(24)18-20(21,16(12)17(13)27-18)7-8-23(15)10-11-1-2-11/h3-4,11,15,18,26H,1-2,5-10H2,(H2,22,25)/t15-,18-,20+,21-/m1/s1. The van der Waals surface area contributed by atoms with Crippen LogP contribution in [0.4, 0.5) is 0 Å². The van der Waals surface area contributed by atoms with Crippen molar-refractivity contribution in [2.45, 2.75) is 61.7 Å². The molecule has 6 rings (SSSR count). The van der Waals surface area contributed by atoms with Crippen molar-refractivity contribution in [2.24, 2.45) is 11.7 Å². The van der Waals surface area contributed by atoms with E-state index < -0.39 is 23.0 Å². The number of nitrogens with zero attached hydrogens (tertiary/aromatic N) is 1. The Labute approximate surface area is 157 Å². The average molecular weight is 368 g/mol. The molecule has 0 unspecified atom stereocenters. The lowest BCUT2D eigenvalue weighted by Crippen LogP contribution is -2.76. The van der Waals surface area contributed by atoms with Gasteiger partial charge in [-0.05, 0) is 56.2 Å². The van der Waals surface area contributed by atoms with Gasteiger partial charge in [-0.15, -0.1) is 0 Å². The number of primary amides is 1. The quantitative estimate of drug-likeness (QED) is 0.828. The van der Waals surface area contributed by atoms with Crippen molar-refractivity contribution in [1.82, 2.24) is 4.90 Å². The normalized spacial score (nSPS) is 39.1. The number of piperidine rings is 1. The van der Waals surface area contributed by atoms with Gasteiger partial charge in [0, 0.05) is 24.6 Å². The number of hydrogen-bond donors (Lipinski definition) is 2. The molecule has 27 heavy (non-hydrogen) atoms. The molecule has 2 saturated carbocycles. The van der Waals surface area contributed by atoms with Gasteiger partial charge in [0.15, 0.2) is 11.9 Å².